The number of rotatable bonds is 9. The fourth-order valence-electron chi connectivity index (χ4n) is 3.36. The number of ether oxygens (including phenoxy) is 2. The molecule has 3 aromatic rings. The standard InChI is InChI=1S/C27H29NO2/c1-5-27(4,22-16-18-25(19-17-22)29-21(2)3)20-10-12-23-11-9-15-26(28-23)30-24-13-7-6-8-14-24/h1,6-9,11,13-19,21H,10,12,20H2,2-4H3. The van der Waals surface area contributed by atoms with Gasteiger partial charge >= 0.3 is 0 Å². The molecule has 0 saturated carbocycles. The molecule has 1 aromatic heterocycles. The molecule has 1 atom stereocenters. The Hall–Kier alpha value is -3.25. The number of hydrogen-bond donors (Lipinski definition) is 0. The van der Waals surface area contributed by atoms with Crippen LogP contribution in [-0.4, -0.2) is 11.1 Å². The first kappa shape index (κ1) is 21.5. The van der Waals surface area contributed by atoms with Gasteiger partial charge in [0.2, 0.25) is 5.88 Å². The van der Waals surface area contributed by atoms with Crippen molar-refractivity contribution in [3.63, 3.8) is 0 Å². The minimum atomic E-state index is -0.325. The van der Waals surface area contributed by atoms with Gasteiger partial charge in [-0.2, -0.15) is 0 Å². The van der Waals surface area contributed by atoms with Crippen molar-refractivity contribution in [2.24, 2.45) is 0 Å². The molecule has 1 heterocycles. The first-order chi connectivity index (χ1) is 14.5. The number of aryl methyl sites for hydroxylation is 1. The van der Waals surface area contributed by atoms with Gasteiger partial charge in [-0.15, -0.1) is 6.42 Å². The van der Waals surface area contributed by atoms with Gasteiger partial charge in [0, 0.05) is 11.8 Å². The van der Waals surface area contributed by atoms with E-state index in [0.29, 0.717) is 5.88 Å². The number of benzene rings is 2. The zero-order valence-electron chi connectivity index (χ0n) is 18.0. The highest BCUT2D eigenvalue weighted by Gasteiger charge is 2.23. The third-order valence-electron chi connectivity index (χ3n) is 5.04. The van der Waals surface area contributed by atoms with E-state index in [1.54, 1.807) is 0 Å². The Morgan fingerprint density at radius 3 is 2.33 bits per heavy atom. The lowest BCUT2D eigenvalue weighted by atomic mass is 9.79. The second-order valence-corrected chi connectivity index (χ2v) is 7.90. The molecule has 0 spiro atoms. The predicted molar refractivity (Wildman–Crippen MR) is 122 cm³/mol. The minimum absolute atomic E-state index is 0.156. The van der Waals surface area contributed by atoms with Crippen LogP contribution in [0.2, 0.25) is 0 Å². The first-order valence-corrected chi connectivity index (χ1v) is 10.4. The highest BCUT2D eigenvalue weighted by Crippen LogP contribution is 2.30. The largest absolute Gasteiger partial charge is 0.491 e. The molecular weight excluding hydrogens is 370 g/mol. The van der Waals surface area contributed by atoms with Gasteiger partial charge < -0.3 is 9.47 Å². The molecule has 0 fully saturated rings. The number of para-hydroxylation sites is 1. The maximum absolute atomic E-state index is 5.93. The quantitative estimate of drug-likeness (QED) is 0.381. The fraction of sp³-hybridized carbons (Fsp3) is 0.296. The van der Waals surface area contributed by atoms with Gasteiger partial charge in [0.15, 0.2) is 0 Å². The van der Waals surface area contributed by atoms with Crippen LogP contribution in [0.4, 0.5) is 0 Å². The van der Waals surface area contributed by atoms with Crippen molar-refractivity contribution in [3.05, 3.63) is 84.1 Å². The fourth-order valence-corrected chi connectivity index (χ4v) is 3.36. The second kappa shape index (κ2) is 9.98. The molecule has 0 bridgehead atoms. The summed E-state index contributed by atoms with van der Waals surface area (Å²) in [5, 5.41) is 0. The van der Waals surface area contributed by atoms with Gasteiger partial charge in [0.05, 0.1) is 11.5 Å². The molecule has 0 radical (unpaired) electrons. The molecule has 0 aliphatic rings. The van der Waals surface area contributed by atoms with Crippen molar-refractivity contribution >= 4 is 0 Å². The van der Waals surface area contributed by atoms with Gasteiger partial charge in [0.1, 0.15) is 11.5 Å². The summed E-state index contributed by atoms with van der Waals surface area (Å²) in [5.74, 6) is 5.26. The molecule has 0 N–H and O–H groups in total. The average molecular weight is 400 g/mol. The van der Waals surface area contributed by atoms with E-state index < -0.39 is 0 Å². The molecule has 3 heteroatoms. The number of nitrogens with zero attached hydrogens (tertiary/aromatic N) is 1. The summed E-state index contributed by atoms with van der Waals surface area (Å²) >= 11 is 0. The lowest BCUT2D eigenvalue weighted by molar-refractivity contribution is 0.242. The molecule has 1 unspecified atom stereocenters. The third kappa shape index (κ3) is 5.87. The molecule has 0 aliphatic carbocycles. The molecule has 2 aromatic carbocycles. The van der Waals surface area contributed by atoms with Crippen molar-refractivity contribution in [2.45, 2.75) is 51.6 Å². The van der Waals surface area contributed by atoms with Gasteiger partial charge in [-0.25, -0.2) is 4.98 Å². The normalized spacial score (nSPS) is 12.8. The molecule has 0 amide bonds. The van der Waals surface area contributed by atoms with E-state index in [-0.39, 0.29) is 11.5 Å². The summed E-state index contributed by atoms with van der Waals surface area (Å²) < 4.78 is 11.6. The second-order valence-electron chi connectivity index (χ2n) is 7.90. The van der Waals surface area contributed by atoms with E-state index in [9.17, 15) is 0 Å². The van der Waals surface area contributed by atoms with Crippen molar-refractivity contribution < 1.29 is 9.47 Å². The van der Waals surface area contributed by atoms with Crippen LogP contribution in [0.5, 0.6) is 17.4 Å². The van der Waals surface area contributed by atoms with Gasteiger partial charge in [-0.1, -0.05) is 42.3 Å². The Bertz CT molecular complexity index is 974. The highest BCUT2D eigenvalue weighted by molar-refractivity contribution is 5.37. The number of aromatic nitrogens is 1. The average Bonchev–Trinajstić information content (AvgIpc) is 2.75. The van der Waals surface area contributed by atoms with Crippen LogP contribution in [0.3, 0.4) is 0 Å². The number of terminal acetylenes is 1. The molecule has 0 saturated heterocycles. The molecule has 30 heavy (non-hydrogen) atoms. The predicted octanol–water partition coefficient (Wildman–Crippen LogP) is 6.57. The van der Waals surface area contributed by atoms with E-state index >= 15 is 0 Å². The summed E-state index contributed by atoms with van der Waals surface area (Å²) in [7, 11) is 0. The van der Waals surface area contributed by atoms with Gasteiger partial charge in [-0.05, 0) is 75.9 Å². The monoisotopic (exact) mass is 399 g/mol. The van der Waals surface area contributed by atoms with E-state index in [4.69, 9.17) is 15.9 Å². The van der Waals surface area contributed by atoms with E-state index in [1.807, 2.05) is 74.5 Å². The SMILES string of the molecule is C#CC(C)(CCCc1cccc(Oc2ccccc2)n1)c1ccc(OC(C)C)cc1. The summed E-state index contributed by atoms with van der Waals surface area (Å²) in [6.45, 7) is 6.16. The van der Waals surface area contributed by atoms with Crippen molar-refractivity contribution in [3.8, 4) is 29.7 Å². The van der Waals surface area contributed by atoms with E-state index in [0.717, 1.165) is 42.0 Å². The Kier molecular flexibility index (Phi) is 7.14. The lowest BCUT2D eigenvalue weighted by Gasteiger charge is -2.24. The summed E-state index contributed by atoms with van der Waals surface area (Å²) in [5.41, 5.74) is 1.81. The highest BCUT2D eigenvalue weighted by atomic mass is 16.5. The molecule has 154 valence electrons. The lowest BCUT2D eigenvalue weighted by Crippen LogP contribution is -2.20. The van der Waals surface area contributed by atoms with Crippen LogP contribution >= 0.6 is 0 Å². The number of hydrogen-bond acceptors (Lipinski definition) is 3. The molecule has 0 aliphatic heterocycles. The zero-order valence-corrected chi connectivity index (χ0v) is 18.0. The Morgan fingerprint density at radius 1 is 0.933 bits per heavy atom. The number of pyridine rings is 1. The Balaban J connectivity index is 1.60. The maximum Gasteiger partial charge on any atom is 0.219 e. The first-order valence-electron chi connectivity index (χ1n) is 10.4. The van der Waals surface area contributed by atoms with Gasteiger partial charge in [-0.3, -0.25) is 0 Å². The zero-order chi connectivity index (χ0) is 21.4. The van der Waals surface area contributed by atoms with Crippen LogP contribution in [0.1, 0.15) is 44.9 Å². The Labute approximate surface area is 180 Å². The molecule has 3 nitrogen and oxygen atoms in total. The van der Waals surface area contributed by atoms with Crippen molar-refractivity contribution in [2.75, 3.05) is 0 Å². The van der Waals surface area contributed by atoms with E-state index in [2.05, 4.69) is 30.0 Å². The van der Waals surface area contributed by atoms with Crippen LogP contribution in [0, 0.1) is 12.3 Å². The smallest absolute Gasteiger partial charge is 0.219 e. The molecule has 3 rings (SSSR count). The minimum Gasteiger partial charge on any atom is -0.491 e. The van der Waals surface area contributed by atoms with Gasteiger partial charge in [0.25, 0.3) is 0 Å². The third-order valence-corrected chi connectivity index (χ3v) is 5.04. The van der Waals surface area contributed by atoms with Crippen LogP contribution in [0.25, 0.3) is 0 Å². The summed E-state index contributed by atoms with van der Waals surface area (Å²) in [4.78, 5) is 4.63. The Morgan fingerprint density at radius 2 is 1.67 bits per heavy atom. The van der Waals surface area contributed by atoms with Crippen LogP contribution < -0.4 is 9.47 Å². The summed E-state index contributed by atoms with van der Waals surface area (Å²) in [6, 6.07) is 23.7. The van der Waals surface area contributed by atoms with Crippen LogP contribution in [-0.2, 0) is 11.8 Å². The topological polar surface area (TPSA) is 31.4 Å². The summed E-state index contributed by atoms with van der Waals surface area (Å²) in [6.07, 6.45) is 8.74. The van der Waals surface area contributed by atoms with Crippen LogP contribution in [0.15, 0.2) is 72.8 Å². The maximum atomic E-state index is 5.93. The van der Waals surface area contributed by atoms with Crippen molar-refractivity contribution in [1.82, 2.24) is 4.98 Å². The van der Waals surface area contributed by atoms with E-state index in [1.165, 1.54) is 0 Å². The molecular formula is C27H29NO2. The van der Waals surface area contributed by atoms with Crippen molar-refractivity contribution in [1.29, 1.82) is 0 Å².